The van der Waals surface area contributed by atoms with Gasteiger partial charge in [-0.1, -0.05) is 29.9 Å². The summed E-state index contributed by atoms with van der Waals surface area (Å²) in [4.78, 5) is 0. The Morgan fingerprint density at radius 1 is 1.29 bits per heavy atom. The van der Waals surface area contributed by atoms with Crippen molar-refractivity contribution in [3.05, 3.63) is 60.0 Å². The van der Waals surface area contributed by atoms with Crippen LogP contribution in [0.25, 0.3) is 11.4 Å². The van der Waals surface area contributed by atoms with Crippen LogP contribution in [0.4, 0.5) is 0 Å². The van der Waals surface area contributed by atoms with Crippen LogP contribution in [0, 0.1) is 0 Å². The number of hydrogen-bond donors (Lipinski definition) is 0. The first kappa shape index (κ1) is 16.7. The Morgan fingerprint density at radius 2 is 2.08 bits per heavy atom. The Balaban J connectivity index is 1.95. The SMILES string of the molecule is C=C(Cl)CSc1nnc(-c2ccc(OC)cc2)n1Cc1ccco1. The Kier molecular flexibility index (Phi) is 5.27. The number of benzene rings is 1. The monoisotopic (exact) mass is 361 g/mol. The van der Waals surface area contributed by atoms with Gasteiger partial charge in [0.15, 0.2) is 11.0 Å². The Labute approximate surface area is 149 Å². The van der Waals surface area contributed by atoms with E-state index in [-0.39, 0.29) is 0 Å². The molecule has 0 fully saturated rings. The molecule has 0 saturated heterocycles. The molecule has 0 saturated carbocycles. The molecule has 0 aliphatic carbocycles. The van der Waals surface area contributed by atoms with Crippen LogP contribution in [-0.2, 0) is 6.54 Å². The quantitative estimate of drug-likeness (QED) is 0.582. The van der Waals surface area contributed by atoms with Gasteiger partial charge in [-0.15, -0.1) is 10.2 Å². The molecule has 0 unspecified atom stereocenters. The van der Waals surface area contributed by atoms with Crippen molar-refractivity contribution in [1.29, 1.82) is 0 Å². The number of rotatable bonds is 7. The minimum atomic E-state index is 0.540. The van der Waals surface area contributed by atoms with E-state index in [9.17, 15) is 0 Å². The first-order valence-electron chi connectivity index (χ1n) is 7.23. The molecule has 24 heavy (non-hydrogen) atoms. The predicted octanol–water partition coefficient (Wildman–Crippen LogP) is 4.44. The molecule has 124 valence electrons. The van der Waals surface area contributed by atoms with Crippen molar-refractivity contribution >= 4 is 23.4 Å². The summed E-state index contributed by atoms with van der Waals surface area (Å²) in [7, 11) is 1.64. The number of ether oxygens (including phenoxy) is 1. The van der Waals surface area contributed by atoms with Crippen LogP contribution in [0.2, 0.25) is 0 Å². The van der Waals surface area contributed by atoms with Gasteiger partial charge < -0.3 is 9.15 Å². The maximum Gasteiger partial charge on any atom is 0.192 e. The van der Waals surface area contributed by atoms with Crippen molar-refractivity contribution in [3.63, 3.8) is 0 Å². The number of hydrogen-bond acceptors (Lipinski definition) is 5. The lowest BCUT2D eigenvalue weighted by Crippen LogP contribution is -2.03. The second-order valence-electron chi connectivity index (χ2n) is 5.01. The van der Waals surface area contributed by atoms with Crippen molar-refractivity contribution in [3.8, 4) is 17.1 Å². The molecule has 0 N–H and O–H groups in total. The Hall–Kier alpha value is -2.18. The highest BCUT2D eigenvalue weighted by Crippen LogP contribution is 2.27. The number of furan rings is 1. The van der Waals surface area contributed by atoms with Crippen molar-refractivity contribution in [2.24, 2.45) is 0 Å². The highest BCUT2D eigenvalue weighted by Gasteiger charge is 2.16. The molecule has 3 rings (SSSR count). The average molecular weight is 362 g/mol. The third-order valence-electron chi connectivity index (χ3n) is 3.32. The standard InChI is InChI=1S/C17H16ClN3O2S/c1-12(18)11-24-17-20-19-16(13-5-7-14(22-2)8-6-13)21(17)10-15-4-3-9-23-15/h3-9H,1,10-11H2,2H3. The second-order valence-corrected chi connectivity index (χ2v) is 6.48. The third-order valence-corrected chi connectivity index (χ3v) is 4.66. The molecule has 2 aromatic heterocycles. The highest BCUT2D eigenvalue weighted by molar-refractivity contribution is 7.99. The lowest BCUT2D eigenvalue weighted by Gasteiger charge is -2.09. The lowest BCUT2D eigenvalue weighted by atomic mass is 10.2. The van der Waals surface area contributed by atoms with E-state index in [4.69, 9.17) is 20.8 Å². The van der Waals surface area contributed by atoms with Crippen LogP contribution in [0.5, 0.6) is 5.75 Å². The summed E-state index contributed by atoms with van der Waals surface area (Å²) in [5, 5.41) is 9.96. The van der Waals surface area contributed by atoms with Gasteiger partial charge in [0.1, 0.15) is 11.5 Å². The zero-order chi connectivity index (χ0) is 16.9. The van der Waals surface area contributed by atoms with Crippen LogP contribution >= 0.6 is 23.4 Å². The summed E-state index contributed by atoms with van der Waals surface area (Å²) in [6.07, 6.45) is 1.65. The van der Waals surface area contributed by atoms with Gasteiger partial charge >= 0.3 is 0 Å². The van der Waals surface area contributed by atoms with Gasteiger partial charge in [-0.2, -0.15) is 0 Å². The molecular weight excluding hydrogens is 346 g/mol. The summed E-state index contributed by atoms with van der Waals surface area (Å²) in [5.41, 5.74) is 0.950. The highest BCUT2D eigenvalue weighted by atomic mass is 35.5. The van der Waals surface area contributed by atoms with E-state index in [1.165, 1.54) is 11.8 Å². The van der Waals surface area contributed by atoms with Crippen LogP contribution in [0.1, 0.15) is 5.76 Å². The normalized spacial score (nSPS) is 10.8. The van der Waals surface area contributed by atoms with Crippen molar-refractivity contribution in [2.45, 2.75) is 11.7 Å². The minimum absolute atomic E-state index is 0.540. The van der Waals surface area contributed by atoms with Crippen LogP contribution in [0.15, 0.2) is 63.8 Å². The van der Waals surface area contributed by atoms with Crippen molar-refractivity contribution < 1.29 is 9.15 Å². The van der Waals surface area contributed by atoms with Crippen LogP contribution < -0.4 is 4.74 Å². The van der Waals surface area contributed by atoms with E-state index in [0.29, 0.717) is 17.3 Å². The van der Waals surface area contributed by atoms with E-state index in [2.05, 4.69) is 16.8 Å². The van der Waals surface area contributed by atoms with Gasteiger partial charge in [-0.05, 0) is 36.4 Å². The van der Waals surface area contributed by atoms with Gasteiger partial charge in [0.25, 0.3) is 0 Å². The summed E-state index contributed by atoms with van der Waals surface area (Å²) >= 11 is 7.37. The van der Waals surface area contributed by atoms with Gasteiger partial charge in [-0.3, -0.25) is 4.57 Å². The molecule has 1 aromatic carbocycles. The van der Waals surface area contributed by atoms with Gasteiger partial charge in [0.05, 0.1) is 19.9 Å². The fourth-order valence-electron chi connectivity index (χ4n) is 2.19. The maximum atomic E-state index is 5.87. The molecule has 2 heterocycles. The fraction of sp³-hybridized carbons (Fsp3) is 0.176. The van der Waals surface area contributed by atoms with E-state index in [1.54, 1.807) is 13.4 Å². The van der Waals surface area contributed by atoms with Crippen LogP contribution in [-0.4, -0.2) is 27.6 Å². The molecule has 0 aliphatic heterocycles. The zero-order valence-electron chi connectivity index (χ0n) is 13.1. The molecule has 5 nitrogen and oxygen atoms in total. The van der Waals surface area contributed by atoms with Crippen molar-refractivity contribution in [1.82, 2.24) is 14.8 Å². The molecule has 0 spiro atoms. The van der Waals surface area contributed by atoms with E-state index >= 15 is 0 Å². The minimum Gasteiger partial charge on any atom is -0.497 e. The van der Waals surface area contributed by atoms with Gasteiger partial charge in [0.2, 0.25) is 0 Å². The lowest BCUT2D eigenvalue weighted by molar-refractivity contribution is 0.415. The second kappa shape index (κ2) is 7.59. The molecular formula is C17H16ClN3O2S. The van der Waals surface area contributed by atoms with E-state index in [1.807, 2.05) is 41.0 Å². The molecule has 7 heteroatoms. The predicted molar refractivity (Wildman–Crippen MR) is 95.5 cm³/mol. The van der Waals surface area contributed by atoms with E-state index < -0.39 is 0 Å². The summed E-state index contributed by atoms with van der Waals surface area (Å²) < 4.78 is 12.7. The maximum absolute atomic E-state index is 5.87. The first-order chi connectivity index (χ1) is 11.7. The topological polar surface area (TPSA) is 53.1 Å². The number of aromatic nitrogens is 3. The molecule has 3 aromatic rings. The number of methoxy groups -OCH3 is 1. The zero-order valence-corrected chi connectivity index (χ0v) is 14.7. The third kappa shape index (κ3) is 3.83. The largest absolute Gasteiger partial charge is 0.497 e. The number of thioether (sulfide) groups is 1. The first-order valence-corrected chi connectivity index (χ1v) is 8.60. The number of nitrogens with zero attached hydrogens (tertiary/aromatic N) is 3. The molecule has 0 atom stereocenters. The summed E-state index contributed by atoms with van der Waals surface area (Å²) in [6.45, 7) is 4.25. The summed E-state index contributed by atoms with van der Waals surface area (Å²) in [5.74, 6) is 2.96. The summed E-state index contributed by atoms with van der Waals surface area (Å²) in [6, 6.07) is 11.5. The Morgan fingerprint density at radius 3 is 2.71 bits per heavy atom. The molecule has 0 bridgehead atoms. The Bertz CT molecular complexity index is 813. The van der Waals surface area contributed by atoms with Crippen molar-refractivity contribution in [2.75, 3.05) is 12.9 Å². The average Bonchev–Trinajstić information content (AvgIpc) is 3.23. The fourth-order valence-corrected chi connectivity index (χ4v) is 3.05. The van der Waals surface area contributed by atoms with Gasteiger partial charge in [0, 0.05) is 16.3 Å². The molecule has 0 radical (unpaired) electrons. The molecule has 0 amide bonds. The van der Waals surface area contributed by atoms with Gasteiger partial charge in [-0.25, -0.2) is 0 Å². The van der Waals surface area contributed by atoms with E-state index in [0.717, 1.165) is 28.1 Å². The molecule has 0 aliphatic rings. The van der Waals surface area contributed by atoms with Crippen LogP contribution in [0.3, 0.4) is 0 Å². The smallest absolute Gasteiger partial charge is 0.192 e. The number of halogens is 1.